The van der Waals surface area contributed by atoms with Gasteiger partial charge in [-0.1, -0.05) is 18.2 Å². The highest BCUT2D eigenvalue weighted by atomic mass is 35.5. The molecular formula is C26H32ClFN4O. The molecule has 0 N–H and O–H groups in total. The van der Waals surface area contributed by atoms with Crippen molar-refractivity contribution in [3.8, 4) is 0 Å². The number of piperazine rings is 1. The van der Waals surface area contributed by atoms with Crippen LogP contribution in [0.1, 0.15) is 23.2 Å². The van der Waals surface area contributed by atoms with Gasteiger partial charge in [0, 0.05) is 50.0 Å². The SMILES string of the molecule is CN1CCCc2c(c3ccc(N4CCN(CCc5ccc(F)cc5)CC4=O)cc3n2C)C1.Cl. The third-order valence-electron chi connectivity index (χ3n) is 7.04. The number of benzene rings is 2. The molecule has 3 heterocycles. The monoisotopic (exact) mass is 470 g/mol. The molecule has 2 aliphatic heterocycles. The highest BCUT2D eigenvalue weighted by molar-refractivity contribution is 5.98. The van der Waals surface area contributed by atoms with Crippen LogP contribution in [0.4, 0.5) is 10.1 Å². The van der Waals surface area contributed by atoms with Crippen molar-refractivity contribution >= 4 is 34.9 Å². The first-order valence-corrected chi connectivity index (χ1v) is 11.6. The third-order valence-corrected chi connectivity index (χ3v) is 7.04. The number of carbonyl (C=O) groups is 1. The van der Waals surface area contributed by atoms with E-state index in [-0.39, 0.29) is 24.1 Å². The largest absolute Gasteiger partial charge is 0.347 e. The first-order valence-electron chi connectivity index (χ1n) is 11.6. The average molecular weight is 471 g/mol. The zero-order valence-corrected chi connectivity index (χ0v) is 20.2. The average Bonchev–Trinajstić information content (AvgIpc) is 2.92. The molecule has 0 saturated carbocycles. The fraction of sp³-hybridized carbons (Fsp3) is 0.423. The minimum absolute atomic E-state index is 0. The van der Waals surface area contributed by atoms with Gasteiger partial charge in [0.05, 0.1) is 12.1 Å². The molecule has 0 spiro atoms. The topological polar surface area (TPSA) is 31.7 Å². The number of hydrogen-bond acceptors (Lipinski definition) is 3. The molecule has 7 heteroatoms. The number of aromatic nitrogens is 1. The van der Waals surface area contributed by atoms with Crippen LogP contribution in [-0.2, 0) is 31.2 Å². The first kappa shape index (κ1) is 23.7. The molecule has 33 heavy (non-hydrogen) atoms. The van der Waals surface area contributed by atoms with Crippen LogP contribution >= 0.6 is 12.4 Å². The summed E-state index contributed by atoms with van der Waals surface area (Å²) in [6, 6.07) is 13.1. The Balaban J connectivity index is 0.00000259. The van der Waals surface area contributed by atoms with E-state index in [1.807, 2.05) is 17.0 Å². The molecule has 3 aromatic rings. The van der Waals surface area contributed by atoms with E-state index in [9.17, 15) is 9.18 Å². The minimum Gasteiger partial charge on any atom is -0.347 e. The first-order chi connectivity index (χ1) is 15.5. The quantitative estimate of drug-likeness (QED) is 0.577. The highest BCUT2D eigenvalue weighted by Crippen LogP contribution is 2.32. The van der Waals surface area contributed by atoms with Gasteiger partial charge in [0.15, 0.2) is 0 Å². The van der Waals surface area contributed by atoms with Crippen LogP contribution in [0.15, 0.2) is 42.5 Å². The Kier molecular flexibility index (Phi) is 7.07. The lowest BCUT2D eigenvalue weighted by atomic mass is 10.1. The van der Waals surface area contributed by atoms with Crippen molar-refractivity contribution in [2.75, 3.05) is 44.7 Å². The van der Waals surface area contributed by atoms with E-state index >= 15 is 0 Å². The van der Waals surface area contributed by atoms with Gasteiger partial charge in [0.1, 0.15) is 5.82 Å². The summed E-state index contributed by atoms with van der Waals surface area (Å²) in [5.74, 6) is -0.0682. The van der Waals surface area contributed by atoms with Gasteiger partial charge >= 0.3 is 0 Å². The Morgan fingerprint density at radius 1 is 0.970 bits per heavy atom. The maximum absolute atomic E-state index is 13.1. The summed E-state index contributed by atoms with van der Waals surface area (Å²) < 4.78 is 15.4. The van der Waals surface area contributed by atoms with Gasteiger partial charge in [-0.15, -0.1) is 12.4 Å². The second kappa shape index (κ2) is 9.84. The Morgan fingerprint density at radius 3 is 2.52 bits per heavy atom. The normalized spacial score (nSPS) is 17.7. The molecule has 2 aromatic carbocycles. The predicted octanol–water partition coefficient (Wildman–Crippen LogP) is 4.01. The van der Waals surface area contributed by atoms with Crippen LogP contribution in [0.3, 0.4) is 0 Å². The van der Waals surface area contributed by atoms with Crippen molar-refractivity contribution in [2.24, 2.45) is 7.05 Å². The van der Waals surface area contributed by atoms with Crippen LogP contribution < -0.4 is 4.90 Å². The number of carbonyl (C=O) groups excluding carboxylic acids is 1. The lowest BCUT2D eigenvalue weighted by molar-refractivity contribution is -0.121. The summed E-state index contributed by atoms with van der Waals surface area (Å²) in [6.45, 7) is 4.89. The number of fused-ring (bicyclic) bond motifs is 3. The molecule has 1 fully saturated rings. The lowest BCUT2D eigenvalue weighted by Gasteiger charge is -2.34. The van der Waals surface area contributed by atoms with Gasteiger partial charge in [-0.3, -0.25) is 9.69 Å². The van der Waals surface area contributed by atoms with Gasteiger partial charge < -0.3 is 14.4 Å². The van der Waals surface area contributed by atoms with E-state index in [2.05, 4.69) is 46.7 Å². The van der Waals surface area contributed by atoms with Crippen LogP contribution in [-0.4, -0.2) is 60.0 Å². The molecule has 0 unspecified atom stereocenters. The Labute approximate surface area is 201 Å². The molecule has 5 nitrogen and oxygen atoms in total. The summed E-state index contributed by atoms with van der Waals surface area (Å²) in [5, 5.41) is 1.31. The van der Waals surface area contributed by atoms with Gasteiger partial charge in [-0.2, -0.15) is 0 Å². The second-order valence-corrected chi connectivity index (χ2v) is 9.23. The Morgan fingerprint density at radius 2 is 1.76 bits per heavy atom. The molecule has 1 saturated heterocycles. The van der Waals surface area contributed by atoms with E-state index in [0.717, 1.165) is 50.3 Å². The molecular weight excluding hydrogens is 439 g/mol. The number of anilines is 1. The molecule has 0 bridgehead atoms. The summed E-state index contributed by atoms with van der Waals surface area (Å²) in [6.07, 6.45) is 3.10. The van der Waals surface area contributed by atoms with Crippen molar-refractivity contribution in [3.05, 3.63) is 65.1 Å². The fourth-order valence-electron chi connectivity index (χ4n) is 5.21. The van der Waals surface area contributed by atoms with E-state index in [4.69, 9.17) is 0 Å². The molecule has 0 aliphatic carbocycles. The molecule has 5 rings (SSSR count). The Hall–Kier alpha value is -2.41. The van der Waals surface area contributed by atoms with Crippen LogP contribution in [0, 0.1) is 5.82 Å². The number of aryl methyl sites for hydroxylation is 1. The molecule has 0 radical (unpaired) electrons. The Bertz CT molecular complexity index is 1140. The second-order valence-electron chi connectivity index (χ2n) is 9.23. The van der Waals surface area contributed by atoms with Crippen molar-refractivity contribution < 1.29 is 9.18 Å². The maximum atomic E-state index is 13.1. The van der Waals surface area contributed by atoms with E-state index < -0.39 is 0 Å². The van der Waals surface area contributed by atoms with Crippen LogP contribution in [0.5, 0.6) is 0 Å². The lowest BCUT2D eigenvalue weighted by Crippen LogP contribution is -2.50. The zero-order valence-electron chi connectivity index (χ0n) is 19.4. The summed E-state index contributed by atoms with van der Waals surface area (Å²) in [4.78, 5) is 19.5. The third kappa shape index (κ3) is 4.79. The summed E-state index contributed by atoms with van der Waals surface area (Å²) >= 11 is 0. The van der Waals surface area contributed by atoms with Gasteiger partial charge in [-0.25, -0.2) is 4.39 Å². The van der Waals surface area contributed by atoms with E-state index in [1.165, 1.54) is 40.7 Å². The van der Waals surface area contributed by atoms with Crippen molar-refractivity contribution in [2.45, 2.75) is 25.8 Å². The molecule has 2 aliphatic rings. The van der Waals surface area contributed by atoms with Gasteiger partial charge in [0.25, 0.3) is 0 Å². The van der Waals surface area contributed by atoms with Crippen LogP contribution in [0.25, 0.3) is 10.9 Å². The molecule has 1 amide bonds. The number of hydrogen-bond donors (Lipinski definition) is 0. The summed E-state index contributed by atoms with van der Waals surface area (Å²) in [7, 11) is 4.35. The van der Waals surface area contributed by atoms with Crippen LogP contribution in [0.2, 0.25) is 0 Å². The summed E-state index contributed by atoms with van der Waals surface area (Å²) in [5.41, 5.74) is 6.17. The minimum atomic E-state index is -0.212. The maximum Gasteiger partial charge on any atom is 0.241 e. The van der Waals surface area contributed by atoms with Gasteiger partial charge in [-0.05, 0) is 68.2 Å². The number of rotatable bonds is 4. The van der Waals surface area contributed by atoms with Crippen molar-refractivity contribution in [1.29, 1.82) is 0 Å². The van der Waals surface area contributed by atoms with Crippen molar-refractivity contribution in [3.63, 3.8) is 0 Å². The fourth-order valence-corrected chi connectivity index (χ4v) is 5.21. The smallest absolute Gasteiger partial charge is 0.241 e. The van der Waals surface area contributed by atoms with Crippen molar-refractivity contribution in [1.82, 2.24) is 14.4 Å². The zero-order chi connectivity index (χ0) is 22.2. The highest BCUT2D eigenvalue weighted by Gasteiger charge is 2.26. The van der Waals surface area contributed by atoms with Gasteiger partial charge in [0.2, 0.25) is 5.91 Å². The number of halogens is 2. The van der Waals surface area contributed by atoms with E-state index in [0.29, 0.717) is 13.1 Å². The number of amides is 1. The standard InChI is InChI=1S/C26H31FN4O.ClH/c1-28-12-3-4-24-23(17-28)22-10-9-21(16-25(22)29(24)2)31-15-14-30(18-26(31)32)13-11-19-5-7-20(27)8-6-19;/h5-10,16H,3-4,11-15,17-18H2,1-2H3;1H. The van der Waals surface area contributed by atoms with E-state index in [1.54, 1.807) is 0 Å². The number of nitrogens with zero attached hydrogens (tertiary/aromatic N) is 4. The predicted molar refractivity (Wildman–Crippen MR) is 134 cm³/mol. The molecule has 1 aromatic heterocycles. The molecule has 0 atom stereocenters. The molecule has 176 valence electrons.